The van der Waals surface area contributed by atoms with Gasteiger partial charge in [-0.3, -0.25) is 9.59 Å². The highest BCUT2D eigenvalue weighted by Gasteiger charge is 2.24. The van der Waals surface area contributed by atoms with Crippen LogP contribution in [0.2, 0.25) is 0 Å². The molecule has 0 bridgehead atoms. The molecule has 2 atom stereocenters. The summed E-state index contributed by atoms with van der Waals surface area (Å²) >= 11 is 5.43. The molecule has 0 aliphatic rings. The smallest absolute Gasteiger partial charge is 0.320 e. The third-order valence-corrected chi connectivity index (χ3v) is 1.83. The predicted molar refractivity (Wildman–Crippen MR) is 51.0 cm³/mol. The summed E-state index contributed by atoms with van der Waals surface area (Å²) in [5, 5.41) is 17.4. The zero-order valence-corrected chi connectivity index (χ0v) is 8.20. The van der Waals surface area contributed by atoms with Gasteiger partial charge in [0.25, 0.3) is 0 Å². The molecule has 5 nitrogen and oxygen atoms in total. The average Bonchev–Trinajstić information content (AvgIpc) is 2.01. The number of halogens is 1. The molecule has 0 saturated carbocycles. The molecule has 0 aliphatic heterocycles. The topological polar surface area (TPSA) is 101 Å². The molecule has 14 heavy (non-hydrogen) atoms. The van der Waals surface area contributed by atoms with Crippen molar-refractivity contribution in [3.8, 4) is 0 Å². The molecular formula is C8H12ClNO4. The fraction of sp³-hybridized carbons (Fsp3) is 0.500. The molecule has 80 valence electrons. The van der Waals surface area contributed by atoms with Crippen molar-refractivity contribution >= 4 is 23.5 Å². The minimum atomic E-state index is -1.23. The van der Waals surface area contributed by atoms with E-state index in [2.05, 4.69) is 6.58 Å². The highest BCUT2D eigenvalue weighted by molar-refractivity contribution is 6.29. The molecule has 0 heterocycles. The minimum Gasteiger partial charge on any atom is -0.481 e. The van der Waals surface area contributed by atoms with Crippen molar-refractivity contribution in [1.29, 1.82) is 0 Å². The number of aliphatic carboxylic acids is 2. The van der Waals surface area contributed by atoms with Gasteiger partial charge in [-0.15, -0.1) is 0 Å². The zero-order chi connectivity index (χ0) is 11.3. The molecule has 0 aromatic carbocycles. The summed E-state index contributed by atoms with van der Waals surface area (Å²) in [6.45, 7) is 3.34. The predicted octanol–water partition coefficient (Wildman–Crippen LogP) is 0.632. The van der Waals surface area contributed by atoms with Gasteiger partial charge in [0.1, 0.15) is 6.04 Å². The van der Waals surface area contributed by atoms with E-state index < -0.39 is 23.9 Å². The molecule has 0 radical (unpaired) electrons. The lowest BCUT2D eigenvalue weighted by Gasteiger charge is -2.13. The fourth-order valence-corrected chi connectivity index (χ4v) is 1.13. The molecule has 0 aliphatic carbocycles. The highest BCUT2D eigenvalue weighted by atomic mass is 35.5. The molecule has 4 N–H and O–H groups in total. The van der Waals surface area contributed by atoms with Gasteiger partial charge in [0.05, 0.1) is 5.92 Å². The molecule has 0 rings (SSSR count). The van der Waals surface area contributed by atoms with Crippen LogP contribution in [0.1, 0.15) is 12.8 Å². The van der Waals surface area contributed by atoms with Crippen LogP contribution in [0.4, 0.5) is 0 Å². The van der Waals surface area contributed by atoms with Crippen molar-refractivity contribution in [3.05, 3.63) is 11.6 Å². The maximum atomic E-state index is 10.6. The molecule has 0 aromatic heterocycles. The summed E-state index contributed by atoms with van der Waals surface area (Å²) in [5.41, 5.74) is 5.20. The Morgan fingerprint density at radius 2 is 1.86 bits per heavy atom. The van der Waals surface area contributed by atoms with Crippen LogP contribution < -0.4 is 5.73 Å². The van der Waals surface area contributed by atoms with Crippen molar-refractivity contribution in [2.45, 2.75) is 18.9 Å². The van der Waals surface area contributed by atoms with Crippen molar-refractivity contribution in [3.63, 3.8) is 0 Å². The Morgan fingerprint density at radius 1 is 1.36 bits per heavy atom. The zero-order valence-electron chi connectivity index (χ0n) is 7.44. The monoisotopic (exact) mass is 221 g/mol. The van der Waals surface area contributed by atoms with Crippen LogP contribution in [0, 0.1) is 5.92 Å². The summed E-state index contributed by atoms with van der Waals surface area (Å²) in [7, 11) is 0. The number of hydrogen-bond acceptors (Lipinski definition) is 3. The van der Waals surface area contributed by atoms with E-state index >= 15 is 0 Å². The molecule has 0 spiro atoms. The number of allylic oxidation sites excluding steroid dienone is 1. The number of nitrogens with two attached hydrogens (primary N) is 1. The van der Waals surface area contributed by atoms with Gasteiger partial charge in [-0.05, 0) is 12.8 Å². The Morgan fingerprint density at radius 3 is 2.14 bits per heavy atom. The molecule has 0 fully saturated rings. The second kappa shape index (κ2) is 5.62. The number of carbonyl (C=O) groups is 2. The molecule has 0 unspecified atom stereocenters. The summed E-state index contributed by atoms with van der Waals surface area (Å²) in [6.07, 6.45) is -0.131. The van der Waals surface area contributed by atoms with E-state index in [1.807, 2.05) is 0 Å². The van der Waals surface area contributed by atoms with Crippen molar-refractivity contribution in [2.75, 3.05) is 0 Å². The van der Waals surface area contributed by atoms with Gasteiger partial charge >= 0.3 is 11.9 Å². The second-order valence-electron chi connectivity index (χ2n) is 2.94. The van der Waals surface area contributed by atoms with Gasteiger partial charge in [-0.2, -0.15) is 0 Å². The molecular weight excluding hydrogens is 210 g/mol. The van der Waals surface area contributed by atoms with E-state index in [4.69, 9.17) is 27.5 Å². The van der Waals surface area contributed by atoms with E-state index in [1.54, 1.807) is 0 Å². The lowest BCUT2D eigenvalue weighted by molar-refractivity contribution is -0.143. The van der Waals surface area contributed by atoms with E-state index in [9.17, 15) is 9.59 Å². The number of carboxylic acids is 2. The first-order valence-corrected chi connectivity index (χ1v) is 4.26. The average molecular weight is 222 g/mol. The third-order valence-electron chi connectivity index (χ3n) is 1.67. The quantitative estimate of drug-likeness (QED) is 0.611. The van der Waals surface area contributed by atoms with Gasteiger partial charge in [0, 0.05) is 5.03 Å². The Balaban J connectivity index is 4.30. The Kier molecular flexibility index (Phi) is 5.19. The maximum absolute atomic E-state index is 10.6. The molecule has 0 saturated heterocycles. The number of carboxylic acid groups (broad SMARTS) is 2. The van der Waals surface area contributed by atoms with Gasteiger partial charge in [0.2, 0.25) is 0 Å². The van der Waals surface area contributed by atoms with Gasteiger partial charge in [-0.1, -0.05) is 18.2 Å². The van der Waals surface area contributed by atoms with Crippen LogP contribution in [0.3, 0.4) is 0 Å². The maximum Gasteiger partial charge on any atom is 0.320 e. The lowest BCUT2D eigenvalue weighted by Crippen LogP contribution is -2.34. The van der Waals surface area contributed by atoms with Crippen molar-refractivity contribution in [1.82, 2.24) is 0 Å². The summed E-state index contributed by atoms with van der Waals surface area (Å²) in [6, 6.07) is -1.19. The van der Waals surface area contributed by atoms with E-state index in [-0.39, 0.29) is 17.9 Å². The summed E-state index contributed by atoms with van der Waals surface area (Å²) < 4.78 is 0. The Labute approximate surface area is 86.2 Å². The Hall–Kier alpha value is -1.07. The van der Waals surface area contributed by atoms with Crippen LogP contribution in [-0.4, -0.2) is 28.2 Å². The van der Waals surface area contributed by atoms with Gasteiger partial charge in [-0.25, -0.2) is 0 Å². The molecule has 0 aromatic rings. The van der Waals surface area contributed by atoms with Crippen molar-refractivity contribution < 1.29 is 19.8 Å². The Bertz CT molecular complexity index is 254. The second-order valence-corrected chi connectivity index (χ2v) is 3.47. The first-order valence-electron chi connectivity index (χ1n) is 3.89. The lowest BCUT2D eigenvalue weighted by atomic mass is 9.97. The third kappa shape index (κ3) is 4.84. The first kappa shape index (κ1) is 12.9. The van der Waals surface area contributed by atoms with Crippen LogP contribution in [0.5, 0.6) is 0 Å². The summed E-state index contributed by atoms with van der Waals surface area (Å²) in [4.78, 5) is 21.0. The van der Waals surface area contributed by atoms with Crippen molar-refractivity contribution in [2.24, 2.45) is 11.7 Å². The van der Waals surface area contributed by atoms with E-state index in [0.717, 1.165) is 0 Å². The van der Waals surface area contributed by atoms with Crippen LogP contribution >= 0.6 is 11.6 Å². The minimum absolute atomic E-state index is 0.0257. The van der Waals surface area contributed by atoms with Crippen LogP contribution in [0.25, 0.3) is 0 Å². The van der Waals surface area contributed by atoms with E-state index in [0.29, 0.717) is 0 Å². The summed E-state index contributed by atoms with van der Waals surface area (Å²) in [5.74, 6) is -3.24. The van der Waals surface area contributed by atoms with Gasteiger partial charge in [0.15, 0.2) is 0 Å². The molecule has 0 amide bonds. The normalized spacial score (nSPS) is 14.4. The van der Waals surface area contributed by atoms with Crippen LogP contribution in [-0.2, 0) is 9.59 Å². The SMILES string of the molecule is C=C(Cl)C[C@@H](C[C@H](N)C(=O)O)C(=O)O. The highest BCUT2D eigenvalue weighted by Crippen LogP contribution is 2.18. The molecule has 6 heteroatoms. The number of rotatable bonds is 6. The first-order chi connectivity index (χ1) is 6.34. The van der Waals surface area contributed by atoms with Gasteiger partial charge < -0.3 is 15.9 Å². The largest absolute Gasteiger partial charge is 0.481 e. The van der Waals surface area contributed by atoms with E-state index in [1.165, 1.54) is 0 Å². The standard InChI is InChI=1S/C8H12ClNO4/c1-4(9)2-5(7(11)12)3-6(10)8(13)14/h5-6H,1-3,10H2,(H,11,12)(H,13,14)/t5-,6-/m0/s1. The number of hydrogen-bond donors (Lipinski definition) is 3. The fourth-order valence-electron chi connectivity index (χ4n) is 0.946. The van der Waals surface area contributed by atoms with Crippen LogP contribution in [0.15, 0.2) is 11.6 Å².